The number of carbonyl (C=O) groups excluding carboxylic acids is 2. The maximum absolute atomic E-state index is 13.6. The Bertz CT molecular complexity index is 1580. The number of ether oxygens (including phenoxy) is 3. The van der Waals surface area contributed by atoms with Gasteiger partial charge in [0.1, 0.15) is 12.6 Å². The number of fused-ring (bicyclic) bond motifs is 3. The lowest BCUT2D eigenvalue weighted by molar-refractivity contribution is -0.147. The van der Waals surface area contributed by atoms with Gasteiger partial charge in [-0.25, -0.2) is 9.59 Å². The number of carboxylic acid groups (broad SMARTS) is 1. The molecule has 3 N–H and O–H groups in total. The van der Waals surface area contributed by atoms with E-state index >= 15 is 0 Å². The standard InChI is InChI=1S/C37H38N2O7/c1-24(44-21-26-13-5-3-6-14-26)33(35(40)38-34(36(41)42)25(2)45-22-27-15-7-4-8-16-27)39-37(43)46-23-32-30-19-11-9-17-28(30)29-18-10-12-20-31(29)32/h3-20,24-25,32-34H,21-23H2,1-2H3,(H,38,40)(H,39,43)(H,41,42)/t24-,25?,33+,34?/m0/s1. The first kappa shape index (κ1) is 32.4. The summed E-state index contributed by atoms with van der Waals surface area (Å²) >= 11 is 0. The Balaban J connectivity index is 1.27. The predicted molar refractivity (Wildman–Crippen MR) is 173 cm³/mol. The van der Waals surface area contributed by atoms with Crippen molar-refractivity contribution in [2.75, 3.05) is 6.61 Å². The molecule has 4 aromatic rings. The molecular weight excluding hydrogens is 584 g/mol. The minimum atomic E-state index is -1.38. The zero-order valence-corrected chi connectivity index (χ0v) is 25.8. The van der Waals surface area contributed by atoms with E-state index in [1.165, 1.54) is 0 Å². The number of rotatable bonds is 14. The number of aliphatic carboxylic acids is 1. The lowest BCUT2D eigenvalue weighted by atomic mass is 9.98. The van der Waals surface area contributed by atoms with E-state index in [-0.39, 0.29) is 25.7 Å². The van der Waals surface area contributed by atoms with Gasteiger partial charge >= 0.3 is 12.1 Å². The quantitative estimate of drug-likeness (QED) is 0.166. The number of carbonyl (C=O) groups is 3. The number of hydrogen-bond donors (Lipinski definition) is 3. The predicted octanol–water partition coefficient (Wildman–Crippen LogP) is 5.67. The van der Waals surface area contributed by atoms with Gasteiger partial charge in [-0.05, 0) is 47.2 Å². The third-order valence-electron chi connectivity index (χ3n) is 8.11. The van der Waals surface area contributed by atoms with Crippen molar-refractivity contribution in [2.45, 2.75) is 57.3 Å². The molecule has 0 saturated carbocycles. The Hall–Kier alpha value is -4.99. The van der Waals surface area contributed by atoms with E-state index in [0.29, 0.717) is 0 Å². The Kier molecular flexibility index (Phi) is 10.8. The van der Waals surface area contributed by atoms with Gasteiger partial charge in [-0.2, -0.15) is 0 Å². The van der Waals surface area contributed by atoms with Crippen LogP contribution in [-0.4, -0.2) is 54.0 Å². The summed E-state index contributed by atoms with van der Waals surface area (Å²) in [6.07, 6.45) is -2.54. The first-order chi connectivity index (χ1) is 22.3. The van der Waals surface area contributed by atoms with Crippen LogP contribution in [0.2, 0.25) is 0 Å². The maximum Gasteiger partial charge on any atom is 0.407 e. The van der Waals surface area contributed by atoms with Crippen LogP contribution in [0.25, 0.3) is 11.1 Å². The number of alkyl carbamates (subject to hydrolysis) is 1. The van der Waals surface area contributed by atoms with Crippen LogP contribution >= 0.6 is 0 Å². The number of nitrogens with one attached hydrogen (secondary N) is 2. The van der Waals surface area contributed by atoms with Crippen molar-refractivity contribution in [3.05, 3.63) is 131 Å². The molecule has 9 heteroatoms. The van der Waals surface area contributed by atoms with Gasteiger partial charge in [0.05, 0.1) is 25.4 Å². The summed E-state index contributed by atoms with van der Waals surface area (Å²) in [7, 11) is 0. The molecule has 4 aromatic carbocycles. The van der Waals surface area contributed by atoms with Crippen LogP contribution in [0.3, 0.4) is 0 Å². The summed E-state index contributed by atoms with van der Waals surface area (Å²) in [5, 5.41) is 15.2. The van der Waals surface area contributed by atoms with Gasteiger partial charge in [0.15, 0.2) is 6.04 Å². The highest BCUT2D eigenvalue weighted by molar-refractivity contribution is 5.90. The van der Waals surface area contributed by atoms with Crippen molar-refractivity contribution in [2.24, 2.45) is 0 Å². The molecule has 0 aromatic heterocycles. The molecular formula is C37H38N2O7. The molecule has 0 fully saturated rings. The van der Waals surface area contributed by atoms with Gasteiger partial charge in [-0.3, -0.25) is 4.79 Å². The average molecular weight is 623 g/mol. The highest BCUT2D eigenvalue weighted by Crippen LogP contribution is 2.44. The van der Waals surface area contributed by atoms with Crippen molar-refractivity contribution in [3.8, 4) is 11.1 Å². The number of hydrogen-bond acceptors (Lipinski definition) is 6. The lowest BCUT2D eigenvalue weighted by Gasteiger charge is -2.28. The van der Waals surface area contributed by atoms with E-state index in [0.717, 1.165) is 33.4 Å². The number of benzene rings is 4. The molecule has 0 heterocycles. The topological polar surface area (TPSA) is 123 Å². The molecule has 1 aliphatic carbocycles. The second-order valence-electron chi connectivity index (χ2n) is 11.3. The fourth-order valence-electron chi connectivity index (χ4n) is 5.58. The van der Waals surface area contributed by atoms with E-state index in [4.69, 9.17) is 14.2 Å². The fourth-order valence-corrected chi connectivity index (χ4v) is 5.58. The summed E-state index contributed by atoms with van der Waals surface area (Å²) in [5.41, 5.74) is 6.04. The first-order valence-electron chi connectivity index (χ1n) is 15.3. The zero-order chi connectivity index (χ0) is 32.5. The minimum absolute atomic E-state index is 0.0512. The van der Waals surface area contributed by atoms with Crippen LogP contribution in [0.5, 0.6) is 0 Å². The molecule has 2 unspecified atom stereocenters. The van der Waals surface area contributed by atoms with Gasteiger partial charge in [0.25, 0.3) is 0 Å². The van der Waals surface area contributed by atoms with Crippen molar-refractivity contribution in [3.63, 3.8) is 0 Å². The molecule has 9 nitrogen and oxygen atoms in total. The van der Waals surface area contributed by atoms with Crippen molar-refractivity contribution in [1.82, 2.24) is 10.6 Å². The lowest BCUT2D eigenvalue weighted by Crippen LogP contribution is -2.58. The van der Waals surface area contributed by atoms with Crippen molar-refractivity contribution < 1.29 is 33.7 Å². The molecule has 0 aliphatic heterocycles. The van der Waals surface area contributed by atoms with Crippen LogP contribution in [0.4, 0.5) is 4.79 Å². The van der Waals surface area contributed by atoms with Crippen LogP contribution in [0.1, 0.15) is 42.0 Å². The third kappa shape index (κ3) is 7.99. The van der Waals surface area contributed by atoms with Gasteiger partial charge in [0, 0.05) is 5.92 Å². The molecule has 46 heavy (non-hydrogen) atoms. The second-order valence-corrected chi connectivity index (χ2v) is 11.3. The molecule has 0 radical (unpaired) electrons. The Labute approximate surface area is 268 Å². The van der Waals surface area contributed by atoms with E-state index < -0.39 is 42.3 Å². The normalized spacial score (nSPS) is 14.7. The van der Waals surface area contributed by atoms with Gasteiger partial charge < -0.3 is 30.0 Å². The molecule has 0 saturated heterocycles. The summed E-state index contributed by atoms with van der Waals surface area (Å²) < 4.78 is 17.5. The SMILES string of the molecule is CC(OCc1ccccc1)C(NC(=O)[C@H](NC(=O)OCC1c2ccccc2-c2ccccc21)[C@H](C)OCc1ccccc1)C(=O)O. The first-order valence-corrected chi connectivity index (χ1v) is 15.3. The zero-order valence-electron chi connectivity index (χ0n) is 25.8. The van der Waals surface area contributed by atoms with Crippen LogP contribution in [0.15, 0.2) is 109 Å². The molecule has 0 spiro atoms. The fraction of sp³-hybridized carbons (Fsp3) is 0.270. The van der Waals surface area contributed by atoms with E-state index in [2.05, 4.69) is 10.6 Å². The van der Waals surface area contributed by atoms with Gasteiger partial charge in [-0.1, -0.05) is 109 Å². The molecule has 5 rings (SSSR count). The molecule has 0 bridgehead atoms. The van der Waals surface area contributed by atoms with Gasteiger partial charge in [0.2, 0.25) is 5.91 Å². The van der Waals surface area contributed by atoms with Crippen molar-refractivity contribution in [1.29, 1.82) is 0 Å². The average Bonchev–Trinajstić information content (AvgIpc) is 3.40. The molecule has 1 aliphatic rings. The summed E-state index contributed by atoms with van der Waals surface area (Å²) in [4.78, 5) is 39.1. The second kappa shape index (κ2) is 15.3. The summed E-state index contributed by atoms with van der Waals surface area (Å²) in [6, 6.07) is 32.0. The van der Waals surface area contributed by atoms with E-state index in [1.807, 2.05) is 109 Å². The number of amides is 2. The third-order valence-corrected chi connectivity index (χ3v) is 8.11. The van der Waals surface area contributed by atoms with Gasteiger partial charge in [-0.15, -0.1) is 0 Å². The van der Waals surface area contributed by atoms with Crippen LogP contribution < -0.4 is 10.6 Å². The Morgan fingerprint density at radius 1 is 0.652 bits per heavy atom. The smallest absolute Gasteiger partial charge is 0.407 e. The van der Waals surface area contributed by atoms with Crippen LogP contribution in [0, 0.1) is 0 Å². The Morgan fingerprint density at radius 2 is 1.11 bits per heavy atom. The maximum atomic E-state index is 13.6. The molecule has 2 amide bonds. The number of carboxylic acids is 1. The monoisotopic (exact) mass is 622 g/mol. The molecule has 4 atom stereocenters. The Morgan fingerprint density at radius 3 is 1.61 bits per heavy atom. The van der Waals surface area contributed by atoms with Crippen LogP contribution in [-0.2, 0) is 37.0 Å². The summed E-state index contributed by atoms with van der Waals surface area (Å²) in [5.74, 6) is -2.18. The highest BCUT2D eigenvalue weighted by atomic mass is 16.5. The van der Waals surface area contributed by atoms with E-state index in [9.17, 15) is 19.5 Å². The minimum Gasteiger partial charge on any atom is -0.480 e. The molecule has 238 valence electrons. The summed E-state index contributed by atoms with van der Waals surface area (Å²) in [6.45, 7) is 3.61. The van der Waals surface area contributed by atoms with Crippen molar-refractivity contribution >= 4 is 18.0 Å². The highest BCUT2D eigenvalue weighted by Gasteiger charge is 2.35. The van der Waals surface area contributed by atoms with E-state index in [1.54, 1.807) is 13.8 Å². The largest absolute Gasteiger partial charge is 0.480 e.